The molecule has 0 aliphatic carbocycles. The van der Waals surface area contributed by atoms with E-state index in [4.69, 9.17) is 12.2 Å². The van der Waals surface area contributed by atoms with Crippen LogP contribution in [-0.4, -0.2) is 22.3 Å². The van der Waals surface area contributed by atoms with Gasteiger partial charge in [-0.2, -0.15) is 5.10 Å². The molecule has 0 fully saturated rings. The maximum Gasteiger partial charge on any atom is 0.324 e. The Bertz CT molecular complexity index is 458. The molecule has 8 heteroatoms. The number of hydrazone groups is 1. The smallest absolute Gasteiger partial charge is 0.324 e. The van der Waals surface area contributed by atoms with Crippen molar-refractivity contribution in [1.82, 2.24) is 10.7 Å². The third kappa shape index (κ3) is 4.76. The molecule has 0 aliphatic rings. The van der Waals surface area contributed by atoms with E-state index in [1.165, 1.54) is 12.3 Å². The van der Waals surface area contributed by atoms with E-state index in [2.05, 4.69) is 15.8 Å². The van der Waals surface area contributed by atoms with Gasteiger partial charge in [-0.1, -0.05) is 18.3 Å². The molecular formula is C10H14N4O2S2. The fourth-order valence-electron chi connectivity index (χ4n) is 1.02. The van der Waals surface area contributed by atoms with Crippen LogP contribution in [-0.2, 0) is 0 Å². The van der Waals surface area contributed by atoms with Crippen LogP contribution in [0.3, 0.4) is 0 Å². The number of thiocarbonyl (C=S) groups is 1. The predicted octanol–water partition coefficient (Wildman–Crippen LogP) is 2.25. The molecule has 0 saturated heterocycles. The first kappa shape index (κ1) is 14.5. The fourth-order valence-corrected chi connectivity index (χ4v) is 1.97. The summed E-state index contributed by atoms with van der Waals surface area (Å²) in [5.41, 5.74) is 2.66. The van der Waals surface area contributed by atoms with Crippen molar-refractivity contribution in [3.63, 3.8) is 0 Å². The second-order valence-corrected chi connectivity index (χ2v) is 5.09. The Labute approximate surface area is 114 Å². The molecule has 2 N–H and O–H groups in total. The number of thiophene rings is 1. The molecule has 0 radical (unpaired) electrons. The minimum absolute atomic E-state index is 0.0942. The van der Waals surface area contributed by atoms with Gasteiger partial charge in [0.1, 0.15) is 0 Å². The van der Waals surface area contributed by atoms with Crippen molar-refractivity contribution >= 4 is 39.9 Å². The molecule has 1 heterocycles. The van der Waals surface area contributed by atoms with Crippen molar-refractivity contribution in [3.05, 3.63) is 27.1 Å². The Hall–Kier alpha value is -1.54. The summed E-state index contributed by atoms with van der Waals surface area (Å²) in [5, 5.41) is 18.0. The van der Waals surface area contributed by atoms with E-state index in [0.717, 1.165) is 17.8 Å². The largest absolute Gasteiger partial charge is 0.359 e. The summed E-state index contributed by atoms with van der Waals surface area (Å²) in [7, 11) is 0. The van der Waals surface area contributed by atoms with Crippen LogP contribution >= 0.6 is 23.6 Å². The van der Waals surface area contributed by atoms with Gasteiger partial charge < -0.3 is 5.32 Å². The second kappa shape index (κ2) is 7.02. The zero-order valence-corrected chi connectivity index (χ0v) is 11.7. The van der Waals surface area contributed by atoms with Crippen molar-refractivity contribution in [2.24, 2.45) is 5.10 Å². The van der Waals surface area contributed by atoms with Gasteiger partial charge in [-0.05, 0) is 31.6 Å². The minimum Gasteiger partial charge on any atom is -0.359 e. The molecule has 1 atom stereocenters. The van der Waals surface area contributed by atoms with Crippen LogP contribution in [0.1, 0.15) is 25.1 Å². The molecule has 0 bridgehead atoms. The summed E-state index contributed by atoms with van der Waals surface area (Å²) >= 11 is 6.08. The molecule has 0 aromatic carbocycles. The molecule has 1 rings (SSSR count). The number of rotatable bonds is 5. The number of hydrogen-bond donors (Lipinski definition) is 2. The van der Waals surface area contributed by atoms with Gasteiger partial charge in [0.05, 0.1) is 16.0 Å². The van der Waals surface area contributed by atoms with Crippen LogP contribution in [0.15, 0.2) is 17.2 Å². The number of nitrogens with zero attached hydrogens (tertiary/aromatic N) is 2. The third-order valence-corrected chi connectivity index (χ3v) is 3.32. The Balaban J connectivity index is 2.44. The SMILES string of the molecule is CCC(C)NC(=S)N/N=C/c1ccc([N+](=O)[O-])s1. The molecule has 6 nitrogen and oxygen atoms in total. The Kier molecular flexibility index (Phi) is 5.66. The summed E-state index contributed by atoms with van der Waals surface area (Å²) in [6.45, 7) is 4.06. The van der Waals surface area contributed by atoms with E-state index in [9.17, 15) is 10.1 Å². The quantitative estimate of drug-likeness (QED) is 0.375. The average molecular weight is 286 g/mol. The topological polar surface area (TPSA) is 79.6 Å². The van der Waals surface area contributed by atoms with E-state index in [-0.39, 0.29) is 11.0 Å². The van der Waals surface area contributed by atoms with Gasteiger partial charge in [0.2, 0.25) is 0 Å². The van der Waals surface area contributed by atoms with Crippen LogP contribution < -0.4 is 10.7 Å². The van der Waals surface area contributed by atoms with Gasteiger partial charge >= 0.3 is 5.00 Å². The molecule has 98 valence electrons. The average Bonchev–Trinajstić information content (AvgIpc) is 2.77. The van der Waals surface area contributed by atoms with Crippen molar-refractivity contribution in [1.29, 1.82) is 0 Å². The fraction of sp³-hybridized carbons (Fsp3) is 0.400. The summed E-state index contributed by atoms with van der Waals surface area (Å²) in [4.78, 5) is 10.7. The van der Waals surface area contributed by atoms with Gasteiger partial charge in [0.25, 0.3) is 0 Å². The van der Waals surface area contributed by atoms with Crippen molar-refractivity contribution in [2.45, 2.75) is 26.3 Å². The lowest BCUT2D eigenvalue weighted by Gasteiger charge is -2.12. The van der Waals surface area contributed by atoms with Crippen LogP contribution in [0.2, 0.25) is 0 Å². The lowest BCUT2D eigenvalue weighted by atomic mass is 10.3. The molecule has 1 unspecified atom stereocenters. The molecular weight excluding hydrogens is 272 g/mol. The van der Waals surface area contributed by atoms with Crippen LogP contribution in [0.4, 0.5) is 5.00 Å². The van der Waals surface area contributed by atoms with E-state index in [1.54, 1.807) is 6.07 Å². The molecule has 0 spiro atoms. The molecule has 1 aromatic rings. The highest BCUT2D eigenvalue weighted by molar-refractivity contribution is 7.80. The first-order valence-electron chi connectivity index (χ1n) is 5.36. The van der Waals surface area contributed by atoms with E-state index >= 15 is 0 Å². The normalized spacial score (nSPS) is 12.3. The first-order chi connectivity index (χ1) is 8.52. The maximum absolute atomic E-state index is 10.5. The zero-order valence-electron chi connectivity index (χ0n) is 10.0. The number of nitrogens with one attached hydrogen (secondary N) is 2. The summed E-state index contributed by atoms with van der Waals surface area (Å²) in [6, 6.07) is 3.36. The third-order valence-electron chi connectivity index (χ3n) is 2.14. The van der Waals surface area contributed by atoms with Gasteiger partial charge in [0, 0.05) is 12.1 Å². The highest BCUT2D eigenvalue weighted by atomic mass is 32.1. The number of hydrogen-bond acceptors (Lipinski definition) is 5. The molecule has 0 aliphatic heterocycles. The molecule has 18 heavy (non-hydrogen) atoms. The van der Waals surface area contributed by atoms with Crippen LogP contribution in [0.25, 0.3) is 0 Å². The summed E-state index contributed by atoms with van der Waals surface area (Å²) in [5.74, 6) is 0. The molecule has 1 aromatic heterocycles. The lowest BCUT2D eigenvalue weighted by molar-refractivity contribution is -0.380. The zero-order chi connectivity index (χ0) is 13.5. The van der Waals surface area contributed by atoms with Crippen LogP contribution in [0, 0.1) is 10.1 Å². The van der Waals surface area contributed by atoms with E-state index in [0.29, 0.717) is 9.99 Å². The monoisotopic (exact) mass is 286 g/mol. The van der Waals surface area contributed by atoms with E-state index < -0.39 is 4.92 Å². The Morgan fingerprint density at radius 3 is 3.00 bits per heavy atom. The molecule has 0 saturated carbocycles. The summed E-state index contributed by atoms with van der Waals surface area (Å²) in [6.07, 6.45) is 2.46. The predicted molar refractivity (Wildman–Crippen MR) is 77.2 cm³/mol. The standard InChI is InChI=1S/C10H14N4O2S2/c1-3-7(2)12-10(17)13-11-6-8-4-5-9(18-8)14(15)16/h4-7H,3H2,1-2H3,(H2,12,13,17)/b11-6+. The highest BCUT2D eigenvalue weighted by Crippen LogP contribution is 2.22. The maximum atomic E-state index is 10.5. The second-order valence-electron chi connectivity index (χ2n) is 3.59. The minimum atomic E-state index is -0.426. The highest BCUT2D eigenvalue weighted by Gasteiger charge is 2.07. The van der Waals surface area contributed by atoms with Gasteiger partial charge in [-0.3, -0.25) is 15.5 Å². The van der Waals surface area contributed by atoms with Crippen LogP contribution in [0.5, 0.6) is 0 Å². The van der Waals surface area contributed by atoms with Gasteiger partial charge in [0.15, 0.2) is 5.11 Å². The van der Waals surface area contributed by atoms with Crippen molar-refractivity contribution < 1.29 is 4.92 Å². The van der Waals surface area contributed by atoms with Crippen molar-refractivity contribution in [2.75, 3.05) is 0 Å². The summed E-state index contributed by atoms with van der Waals surface area (Å²) < 4.78 is 0. The van der Waals surface area contributed by atoms with E-state index in [1.807, 2.05) is 13.8 Å². The lowest BCUT2D eigenvalue weighted by Crippen LogP contribution is -2.37. The Morgan fingerprint density at radius 2 is 2.44 bits per heavy atom. The molecule has 0 amide bonds. The van der Waals surface area contributed by atoms with Gasteiger partial charge in [-0.25, -0.2) is 0 Å². The van der Waals surface area contributed by atoms with Crippen molar-refractivity contribution in [3.8, 4) is 0 Å². The first-order valence-corrected chi connectivity index (χ1v) is 6.59. The number of nitro groups is 1. The van der Waals surface area contributed by atoms with Gasteiger partial charge in [-0.15, -0.1) is 0 Å². The Morgan fingerprint density at radius 1 is 1.72 bits per heavy atom.